The topological polar surface area (TPSA) is 45.2 Å². The standard InChI is InChI=1S/C12H20N2OS/c1-8-13-9-5-4-6-10(11(9)16-8)14-12(2,3)7-15/h10,14-15H,4-7H2,1-3H3. The first kappa shape index (κ1) is 12.0. The van der Waals surface area contributed by atoms with Crippen molar-refractivity contribution in [3.63, 3.8) is 0 Å². The van der Waals surface area contributed by atoms with Gasteiger partial charge < -0.3 is 10.4 Å². The third-order valence-corrected chi connectivity index (χ3v) is 4.14. The van der Waals surface area contributed by atoms with E-state index in [1.807, 2.05) is 13.8 Å². The summed E-state index contributed by atoms with van der Waals surface area (Å²) in [5, 5.41) is 14.0. The van der Waals surface area contributed by atoms with Crippen LogP contribution in [0.4, 0.5) is 0 Å². The largest absolute Gasteiger partial charge is 0.394 e. The first-order chi connectivity index (χ1) is 7.52. The maximum atomic E-state index is 9.30. The molecule has 2 rings (SSSR count). The van der Waals surface area contributed by atoms with E-state index >= 15 is 0 Å². The highest BCUT2D eigenvalue weighted by Crippen LogP contribution is 2.35. The molecule has 16 heavy (non-hydrogen) atoms. The summed E-state index contributed by atoms with van der Waals surface area (Å²) in [7, 11) is 0. The van der Waals surface area contributed by atoms with Crippen LogP contribution in [0, 0.1) is 6.92 Å². The summed E-state index contributed by atoms with van der Waals surface area (Å²) in [5.41, 5.74) is 1.05. The lowest BCUT2D eigenvalue weighted by Crippen LogP contribution is -2.45. The lowest BCUT2D eigenvalue weighted by atomic mass is 9.95. The van der Waals surface area contributed by atoms with Crippen molar-refractivity contribution in [3.8, 4) is 0 Å². The van der Waals surface area contributed by atoms with Crippen LogP contribution >= 0.6 is 11.3 Å². The molecule has 1 atom stereocenters. The molecule has 0 aromatic carbocycles. The van der Waals surface area contributed by atoms with Crippen LogP contribution in [0.15, 0.2) is 0 Å². The number of aliphatic hydroxyl groups is 1. The molecule has 1 unspecified atom stereocenters. The van der Waals surface area contributed by atoms with E-state index in [4.69, 9.17) is 0 Å². The van der Waals surface area contributed by atoms with Crippen LogP contribution in [0.2, 0.25) is 0 Å². The number of nitrogens with one attached hydrogen (secondary N) is 1. The fraction of sp³-hybridized carbons (Fsp3) is 0.750. The van der Waals surface area contributed by atoms with Gasteiger partial charge in [-0.15, -0.1) is 11.3 Å². The summed E-state index contributed by atoms with van der Waals surface area (Å²) in [4.78, 5) is 5.95. The number of nitrogens with zero attached hydrogens (tertiary/aromatic N) is 1. The van der Waals surface area contributed by atoms with Crippen molar-refractivity contribution in [2.24, 2.45) is 0 Å². The van der Waals surface area contributed by atoms with Crippen LogP contribution in [0.25, 0.3) is 0 Å². The molecule has 90 valence electrons. The monoisotopic (exact) mass is 240 g/mol. The van der Waals surface area contributed by atoms with Gasteiger partial charge >= 0.3 is 0 Å². The van der Waals surface area contributed by atoms with E-state index in [9.17, 15) is 5.11 Å². The number of fused-ring (bicyclic) bond motifs is 1. The van der Waals surface area contributed by atoms with Crippen LogP contribution < -0.4 is 5.32 Å². The Balaban J connectivity index is 2.18. The van der Waals surface area contributed by atoms with Gasteiger partial charge in [-0.3, -0.25) is 0 Å². The van der Waals surface area contributed by atoms with Crippen LogP contribution in [-0.4, -0.2) is 22.2 Å². The molecule has 1 aliphatic carbocycles. The molecule has 2 N–H and O–H groups in total. The van der Waals surface area contributed by atoms with Crippen LogP contribution in [0.3, 0.4) is 0 Å². The number of hydrogen-bond donors (Lipinski definition) is 2. The molecule has 0 aliphatic heterocycles. The lowest BCUT2D eigenvalue weighted by molar-refractivity contribution is 0.171. The Hall–Kier alpha value is -0.450. The normalized spacial score (nSPS) is 20.9. The number of aliphatic hydroxyl groups excluding tert-OH is 1. The summed E-state index contributed by atoms with van der Waals surface area (Å²) in [6.07, 6.45) is 3.45. The SMILES string of the molecule is Cc1nc2c(s1)C(NC(C)(C)CO)CCC2. The third-order valence-electron chi connectivity index (χ3n) is 3.02. The highest BCUT2D eigenvalue weighted by Gasteiger charge is 2.28. The Kier molecular flexibility index (Phi) is 3.33. The molecule has 0 fully saturated rings. The van der Waals surface area contributed by atoms with Gasteiger partial charge in [-0.25, -0.2) is 4.98 Å². The molecule has 0 saturated heterocycles. The zero-order valence-electron chi connectivity index (χ0n) is 10.2. The van der Waals surface area contributed by atoms with Crippen molar-refractivity contribution in [1.82, 2.24) is 10.3 Å². The first-order valence-electron chi connectivity index (χ1n) is 5.86. The fourth-order valence-electron chi connectivity index (χ4n) is 2.20. The molecule has 1 aromatic heterocycles. The van der Waals surface area contributed by atoms with E-state index in [-0.39, 0.29) is 12.1 Å². The average molecular weight is 240 g/mol. The number of aryl methyl sites for hydroxylation is 2. The molecule has 0 saturated carbocycles. The van der Waals surface area contributed by atoms with Gasteiger partial charge in [-0.1, -0.05) is 0 Å². The Bertz CT molecular complexity index is 373. The maximum absolute atomic E-state index is 9.30. The minimum absolute atomic E-state index is 0.163. The Morgan fingerprint density at radius 2 is 2.31 bits per heavy atom. The minimum atomic E-state index is -0.211. The second-order valence-corrected chi connectivity index (χ2v) is 6.41. The summed E-state index contributed by atoms with van der Waals surface area (Å²) in [5.74, 6) is 0. The van der Waals surface area contributed by atoms with E-state index in [2.05, 4.69) is 17.2 Å². The van der Waals surface area contributed by atoms with E-state index in [1.165, 1.54) is 17.0 Å². The molecule has 0 bridgehead atoms. The minimum Gasteiger partial charge on any atom is -0.394 e. The van der Waals surface area contributed by atoms with Crippen molar-refractivity contribution < 1.29 is 5.11 Å². The molecule has 0 spiro atoms. The van der Waals surface area contributed by atoms with Crippen LogP contribution in [-0.2, 0) is 6.42 Å². The molecular formula is C12H20N2OS. The molecule has 0 amide bonds. The van der Waals surface area contributed by atoms with Crippen LogP contribution in [0.5, 0.6) is 0 Å². The summed E-state index contributed by atoms with van der Waals surface area (Å²) in [6, 6.07) is 0.372. The van der Waals surface area contributed by atoms with Gasteiger partial charge in [-0.05, 0) is 40.0 Å². The van der Waals surface area contributed by atoms with Gasteiger partial charge in [0, 0.05) is 16.5 Å². The number of thiazole rings is 1. The van der Waals surface area contributed by atoms with E-state index in [1.54, 1.807) is 11.3 Å². The van der Waals surface area contributed by atoms with Crippen molar-refractivity contribution in [2.45, 2.75) is 51.6 Å². The molecule has 1 heterocycles. The lowest BCUT2D eigenvalue weighted by Gasteiger charge is -2.32. The third kappa shape index (κ3) is 2.44. The van der Waals surface area contributed by atoms with Crippen molar-refractivity contribution >= 4 is 11.3 Å². The van der Waals surface area contributed by atoms with Gasteiger partial charge in [0.2, 0.25) is 0 Å². The molecule has 4 heteroatoms. The van der Waals surface area contributed by atoms with Gasteiger partial charge in [0.15, 0.2) is 0 Å². The molecule has 0 radical (unpaired) electrons. The predicted octanol–water partition coefficient (Wildman–Crippen LogP) is 2.19. The van der Waals surface area contributed by atoms with Gasteiger partial charge in [0.05, 0.1) is 17.3 Å². The summed E-state index contributed by atoms with van der Waals surface area (Å²) in [6.45, 7) is 6.30. The quantitative estimate of drug-likeness (QED) is 0.851. The second kappa shape index (κ2) is 4.43. The van der Waals surface area contributed by atoms with Crippen molar-refractivity contribution in [3.05, 3.63) is 15.6 Å². The average Bonchev–Trinajstić information content (AvgIpc) is 2.59. The highest BCUT2D eigenvalue weighted by molar-refractivity contribution is 7.11. The highest BCUT2D eigenvalue weighted by atomic mass is 32.1. The van der Waals surface area contributed by atoms with Crippen LogP contribution in [0.1, 0.15) is 48.3 Å². The zero-order valence-corrected chi connectivity index (χ0v) is 11.0. The van der Waals surface area contributed by atoms with Gasteiger partial charge in [0.1, 0.15) is 0 Å². The molecular weight excluding hydrogens is 220 g/mol. The second-order valence-electron chi connectivity index (χ2n) is 5.17. The van der Waals surface area contributed by atoms with Crippen molar-refractivity contribution in [2.75, 3.05) is 6.61 Å². The van der Waals surface area contributed by atoms with E-state index in [0.29, 0.717) is 6.04 Å². The molecule has 1 aromatic rings. The smallest absolute Gasteiger partial charge is 0.0900 e. The molecule has 3 nitrogen and oxygen atoms in total. The number of aromatic nitrogens is 1. The van der Waals surface area contributed by atoms with Crippen molar-refractivity contribution in [1.29, 1.82) is 0 Å². The summed E-state index contributed by atoms with van der Waals surface area (Å²) < 4.78 is 0. The van der Waals surface area contributed by atoms with E-state index in [0.717, 1.165) is 17.8 Å². The number of hydrogen-bond acceptors (Lipinski definition) is 4. The first-order valence-corrected chi connectivity index (χ1v) is 6.68. The molecule has 1 aliphatic rings. The van der Waals surface area contributed by atoms with Gasteiger partial charge in [-0.2, -0.15) is 0 Å². The number of rotatable bonds is 3. The Labute approximate surface area is 101 Å². The van der Waals surface area contributed by atoms with Gasteiger partial charge in [0.25, 0.3) is 0 Å². The fourth-order valence-corrected chi connectivity index (χ4v) is 3.26. The maximum Gasteiger partial charge on any atom is 0.0900 e. The zero-order chi connectivity index (χ0) is 11.8. The Morgan fingerprint density at radius 1 is 1.56 bits per heavy atom. The summed E-state index contributed by atoms with van der Waals surface area (Å²) >= 11 is 1.79. The predicted molar refractivity (Wildman–Crippen MR) is 66.8 cm³/mol. The Morgan fingerprint density at radius 3 is 3.00 bits per heavy atom. The van der Waals surface area contributed by atoms with E-state index < -0.39 is 0 Å².